The van der Waals surface area contributed by atoms with Crippen LogP contribution in [0.25, 0.3) is 101 Å². The third-order valence-electron chi connectivity index (χ3n) is 9.60. The number of hydrogen-bond acceptors (Lipinski definition) is 6. The average Bonchev–Trinajstić information content (AvgIpc) is 3.69. The highest BCUT2D eigenvalue weighted by molar-refractivity contribution is 6.20. The van der Waals surface area contributed by atoms with E-state index in [1.165, 1.54) is 0 Å². The summed E-state index contributed by atoms with van der Waals surface area (Å²) in [5, 5.41) is 3.10. The average molecular weight is 680 g/mol. The van der Waals surface area contributed by atoms with Gasteiger partial charge in [0.05, 0.1) is 34.0 Å². The number of oxazole rings is 1. The Morgan fingerprint density at radius 3 is 1.68 bits per heavy atom. The maximum atomic E-state index is 6.28. The summed E-state index contributed by atoms with van der Waals surface area (Å²) in [6.45, 7) is 0. The maximum Gasteiger partial charge on any atom is 0.227 e. The summed E-state index contributed by atoms with van der Waals surface area (Å²) in [4.78, 5) is 24.6. The van der Waals surface area contributed by atoms with Crippen LogP contribution in [-0.4, -0.2) is 24.9 Å². The molecule has 0 N–H and O–H groups in total. The van der Waals surface area contributed by atoms with Crippen molar-refractivity contribution in [1.82, 2.24) is 24.9 Å². The number of pyridine rings is 4. The molecule has 0 unspecified atom stereocenters. The number of nitrogens with zero attached hydrogens (tertiary/aromatic N) is 5. The molecular weight excluding hydrogens is 651 g/mol. The van der Waals surface area contributed by atoms with Gasteiger partial charge in [0, 0.05) is 61.9 Å². The second-order valence-corrected chi connectivity index (χ2v) is 12.9. The summed E-state index contributed by atoms with van der Waals surface area (Å²) >= 11 is 0. The Labute approximate surface area is 305 Å². The molecule has 0 fully saturated rings. The summed E-state index contributed by atoms with van der Waals surface area (Å²) in [5.41, 5.74) is 12.9. The fraction of sp³-hybridized carbons (Fsp3) is 0. The molecule has 0 atom stereocenters. The zero-order valence-corrected chi connectivity index (χ0v) is 28.4. The third-order valence-corrected chi connectivity index (χ3v) is 9.60. The minimum absolute atomic E-state index is 0.603. The highest BCUT2D eigenvalue weighted by Crippen LogP contribution is 2.39. The lowest BCUT2D eigenvalue weighted by Gasteiger charge is -2.12. The van der Waals surface area contributed by atoms with Gasteiger partial charge in [-0.3, -0.25) is 9.97 Å². The zero-order valence-electron chi connectivity index (χ0n) is 28.4. The molecular formula is C47H29N5O. The first-order valence-electron chi connectivity index (χ1n) is 17.5. The molecule has 6 heteroatoms. The summed E-state index contributed by atoms with van der Waals surface area (Å²) in [6, 6.07) is 55.4. The van der Waals surface area contributed by atoms with E-state index in [2.05, 4.69) is 88.8 Å². The summed E-state index contributed by atoms with van der Waals surface area (Å²) in [6.07, 6.45) is 3.63. The van der Waals surface area contributed by atoms with Crippen LogP contribution < -0.4 is 0 Å². The monoisotopic (exact) mass is 679 g/mol. The Kier molecular flexibility index (Phi) is 7.36. The molecule has 5 aromatic heterocycles. The molecule has 5 heterocycles. The molecule has 0 aliphatic carbocycles. The molecule has 0 amide bonds. The summed E-state index contributed by atoms with van der Waals surface area (Å²) < 4.78 is 6.28. The van der Waals surface area contributed by atoms with Crippen LogP contribution in [-0.2, 0) is 0 Å². The number of rotatable bonds is 6. The van der Waals surface area contributed by atoms with E-state index in [1.807, 2.05) is 97.3 Å². The molecule has 53 heavy (non-hydrogen) atoms. The van der Waals surface area contributed by atoms with Gasteiger partial charge in [-0.25, -0.2) is 15.0 Å². The van der Waals surface area contributed by atoms with Gasteiger partial charge in [-0.05, 0) is 84.9 Å². The number of fused-ring (bicyclic) bond motifs is 5. The quantitative estimate of drug-likeness (QED) is 0.163. The van der Waals surface area contributed by atoms with Crippen molar-refractivity contribution in [2.24, 2.45) is 0 Å². The van der Waals surface area contributed by atoms with E-state index in [4.69, 9.17) is 19.4 Å². The van der Waals surface area contributed by atoms with Crippen LogP contribution in [0.5, 0.6) is 0 Å². The second kappa shape index (κ2) is 12.8. The smallest absolute Gasteiger partial charge is 0.227 e. The van der Waals surface area contributed by atoms with E-state index in [-0.39, 0.29) is 0 Å². The molecule has 6 nitrogen and oxygen atoms in total. The first kappa shape index (κ1) is 30.5. The largest absolute Gasteiger partial charge is 0.436 e. The molecule has 0 aliphatic heterocycles. The number of aromatic nitrogens is 5. The predicted molar refractivity (Wildman–Crippen MR) is 213 cm³/mol. The number of benzene rings is 5. The van der Waals surface area contributed by atoms with Crippen LogP contribution in [0, 0.1) is 0 Å². The molecule has 0 aliphatic rings. The predicted octanol–water partition coefficient (Wildman–Crippen LogP) is 11.7. The van der Waals surface area contributed by atoms with Crippen molar-refractivity contribution >= 4 is 32.8 Å². The van der Waals surface area contributed by atoms with Gasteiger partial charge in [-0.1, -0.05) is 78.9 Å². The van der Waals surface area contributed by atoms with Gasteiger partial charge in [0.25, 0.3) is 0 Å². The van der Waals surface area contributed by atoms with Crippen molar-refractivity contribution in [1.29, 1.82) is 0 Å². The van der Waals surface area contributed by atoms with Gasteiger partial charge in [0.2, 0.25) is 5.89 Å². The molecule has 0 bridgehead atoms. The Hall–Kier alpha value is -7.31. The van der Waals surface area contributed by atoms with Crippen molar-refractivity contribution in [3.63, 3.8) is 0 Å². The summed E-state index contributed by atoms with van der Waals surface area (Å²) in [7, 11) is 0. The topological polar surface area (TPSA) is 77.6 Å². The van der Waals surface area contributed by atoms with Crippen LogP contribution in [0.3, 0.4) is 0 Å². The van der Waals surface area contributed by atoms with Crippen molar-refractivity contribution in [3.8, 4) is 67.7 Å². The Balaban J connectivity index is 1.05. The lowest BCUT2D eigenvalue weighted by Crippen LogP contribution is -1.93. The van der Waals surface area contributed by atoms with Gasteiger partial charge in [-0.15, -0.1) is 0 Å². The van der Waals surface area contributed by atoms with Crippen LogP contribution in [0.1, 0.15) is 0 Å². The molecule has 0 spiro atoms. The minimum Gasteiger partial charge on any atom is -0.436 e. The van der Waals surface area contributed by atoms with E-state index >= 15 is 0 Å². The van der Waals surface area contributed by atoms with Crippen LogP contribution in [0.2, 0.25) is 0 Å². The van der Waals surface area contributed by atoms with Gasteiger partial charge < -0.3 is 4.42 Å². The van der Waals surface area contributed by atoms with Gasteiger partial charge in [-0.2, -0.15) is 0 Å². The van der Waals surface area contributed by atoms with Crippen molar-refractivity contribution < 1.29 is 4.42 Å². The number of hydrogen-bond donors (Lipinski definition) is 0. The van der Waals surface area contributed by atoms with Crippen LogP contribution >= 0.6 is 0 Å². The Morgan fingerprint density at radius 1 is 0.377 bits per heavy atom. The molecule has 10 aromatic rings. The molecule has 0 saturated heterocycles. The van der Waals surface area contributed by atoms with E-state index in [0.717, 1.165) is 94.6 Å². The van der Waals surface area contributed by atoms with Crippen molar-refractivity contribution in [2.45, 2.75) is 0 Å². The van der Waals surface area contributed by atoms with Gasteiger partial charge in [0.15, 0.2) is 5.58 Å². The van der Waals surface area contributed by atoms with E-state index < -0.39 is 0 Å². The van der Waals surface area contributed by atoms with E-state index in [0.29, 0.717) is 5.89 Å². The first-order valence-corrected chi connectivity index (χ1v) is 17.5. The summed E-state index contributed by atoms with van der Waals surface area (Å²) in [5.74, 6) is 0.603. The fourth-order valence-electron chi connectivity index (χ4n) is 7.04. The lowest BCUT2D eigenvalue weighted by atomic mass is 9.97. The zero-order chi connectivity index (χ0) is 35.1. The molecule has 0 radical (unpaired) electrons. The Morgan fingerprint density at radius 2 is 0.981 bits per heavy atom. The molecule has 5 aromatic carbocycles. The van der Waals surface area contributed by atoms with Crippen LogP contribution in [0.4, 0.5) is 0 Å². The third kappa shape index (κ3) is 5.59. The van der Waals surface area contributed by atoms with E-state index in [9.17, 15) is 0 Å². The number of para-hydroxylation sites is 1. The highest BCUT2D eigenvalue weighted by atomic mass is 16.3. The molecule has 10 rings (SSSR count). The molecule has 248 valence electrons. The lowest BCUT2D eigenvalue weighted by molar-refractivity contribution is 0.620. The second-order valence-electron chi connectivity index (χ2n) is 12.9. The van der Waals surface area contributed by atoms with E-state index in [1.54, 1.807) is 0 Å². The van der Waals surface area contributed by atoms with Gasteiger partial charge >= 0.3 is 0 Å². The van der Waals surface area contributed by atoms with Crippen molar-refractivity contribution in [2.75, 3.05) is 0 Å². The van der Waals surface area contributed by atoms with Gasteiger partial charge in [0.1, 0.15) is 5.52 Å². The maximum absolute atomic E-state index is 6.28. The fourth-order valence-corrected chi connectivity index (χ4v) is 7.04. The first-order chi connectivity index (χ1) is 26.2. The standard InChI is InChI=1S/C47H29N5O/c1-2-11-32(12-3-1)47-52-46-43(53-47)24-23-37-44(46)36-13-4-5-16-42(36)51-45(37)31-21-19-30(20-22-31)40-17-10-18-41(50-40)35-28-33(38-14-6-8-25-48-38)27-34(29-35)39-15-7-9-26-49-39/h1-29H. The SMILES string of the molecule is c1ccc(-c2nc3c(ccc4c(-c5ccc(-c6cccc(-c7cc(-c8ccccn8)cc(-c8ccccn8)c7)n6)cc5)nc5ccccc5c43)o2)cc1. The normalized spacial score (nSPS) is 11.4. The molecule has 0 saturated carbocycles. The Bertz CT molecular complexity index is 2870. The van der Waals surface area contributed by atoms with Crippen molar-refractivity contribution in [3.05, 3.63) is 176 Å². The van der Waals surface area contributed by atoms with Crippen LogP contribution in [0.15, 0.2) is 181 Å². The highest BCUT2D eigenvalue weighted by Gasteiger charge is 2.18. The minimum atomic E-state index is 0.603.